The van der Waals surface area contributed by atoms with Crippen LogP contribution in [0.2, 0.25) is 0 Å². The number of piperidine rings is 1. The predicted octanol–water partition coefficient (Wildman–Crippen LogP) is 4.95. The molecule has 3 heterocycles. The van der Waals surface area contributed by atoms with Gasteiger partial charge in [-0.25, -0.2) is 4.39 Å². The summed E-state index contributed by atoms with van der Waals surface area (Å²) in [5.41, 5.74) is 3.61. The van der Waals surface area contributed by atoms with Crippen molar-refractivity contribution in [2.24, 2.45) is 0 Å². The highest BCUT2D eigenvalue weighted by Gasteiger charge is 2.38. The van der Waals surface area contributed by atoms with E-state index in [0.717, 1.165) is 42.7 Å². The summed E-state index contributed by atoms with van der Waals surface area (Å²) < 4.78 is 20.9. The van der Waals surface area contributed by atoms with Gasteiger partial charge in [-0.1, -0.05) is 26.0 Å². The summed E-state index contributed by atoms with van der Waals surface area (Å²) in [4.78, 5) is 1.17. The van der Waals surface area contributed by atoms with Crippen molar-refractivity contribution in [1.82, 2.24) is 10.3 Å². The number of hydrogen-bond donors (Lipinski definition) is 1. The third-order valence-electron chi connectivity index (χ3n) is 5.18. The maximum absolute atomic E-state index is 14.5. The van der Waals surface area contributed by atoms with Crippen molar-refractivity contribution in [2.45, 2.75) is 45.9 Å². The van der Waals surface area contributed by atoms with Gasteiger partial charge < -0.3 is 15.1 Å². The number of benzene rings is 1. The number of hydrogen-bond acceptors (Lipinski definition) is 5. The zero-order valence-electron chi connectivity index (χ0n) is 16.9. The van der Waals surface area contributed by atoms with E-state index in [2.05, 4.69) is 20.7 Å². The SMILES string of the molecule is CC.Cc1ccc(-c2csc3c2N(C)N(C)C3OC2CCNCC2)c(F)c1. The van der Waals surface area contributed by atoms with Crippen molar-refractivity contribution in [3.05, 3.63) is 39.8 Å². The molecule has 1 N–H and O–H groups in total. The van der Waals surface area contributed by atoms with E-state index < -0.39 is 0 Å². The highest BCUT2D eigenvalue weighted by Crippen LogP contribution is 2.50. The molecule has 1 aromatic carbocycles. The van der Waals surface area contributed by atoms with Gasteiger partial charge in [-0.05, 0) is 44.5 Å². The number of fused-ring (bicyclic) bond motifs is 1. The van der Waals surface area contributed by atoms with Gasteiger partial charge in [-0.2, -0.15) is 5.01 Å². The van der Waals surface area contributed by atoms with Crippen LogP contribution in [0.15, 0.2) is 23.6 Å². The number of nitrogens with one attached hydrogen (secondary N) is 1. The molecule has 2 aromatic rings. The van der Waals surface area contributed by atoms with Crippen LogP contribution >= 0.6 is 11.3 Å². The van der Waals surface area contributed by atoms with Crippen LogP contribution in [-0.2, 0) is 4.74 Å². The molecule has 27 heavy (non-hydrogen) atoms. The van der Waals surface area contributed by atoms with Crippen molar-refractivity contribution >= 4 is 17.0 Å². The molecule has 0 saturated carbocycles. The molecular formula is C21H30FN3OS. The molecule has 4 nitrogen and oxygen atoms in total. The number of hydrazine groups is 1. The van der Waals surface area contributed by atoms with Gasteiger partial charge in [-0.3, -0.25) is 0 Å². The lowest BCUT2D eigenvalue weighted by Gasteiger charge is -2.31. The first-order valence-corrected chi connectivity index (χ1v) is 10.6. The minimum atomic E-state index is -0.167. The van der Waals surface area contributed by atoms with E-state index in [-0.39, 0.29) is 18.1 Å². The van der Waals surface area contributed by atoms with Crippen LogP contribution in [0.1, 0.15) is 43.4 Å². The van der Waals surface area contributed by atoms with Crippen molar-refractivity contribution in [1.29, 1.82) is 0 Å². The van der Waals surface area contributed by atoms with E-state index in [0.29, 0.717) is 5.56 Å². The minimum Gasteiger partial charge on any atom is -0.353 e. The highest BCUT2D eigenvalue weighted by molar-refractivity contribution is 7.11. The van der Waals surface area contributed by atoms with E-state index in [1.54, 1.807) is 17.4 Å². The molecule has 0 amide bonds. The number of halogens is 1. The average Bonchev–Trinajstić information content (AvgIpc) is 3.20. The number of rotatable bonds is 3. The van der Waals surface area contributed by atoms with Crippen molar-refractivity contribution in [3.8, 4) is 11.1 Å². The van der Waals surface area contributed by atoms with E-state index in [4.69, 9.17) is 4.74 Å². The third-order valence-corrected chi connectivity index (χ3v) is 6.18. The van der Waals surface area contributed by atoms with Crippen LogP contribution in [0.5, 0.6) is 0 Å². The first-order chi connectivity index (χ1) is 13.1. The standard InChI is InChI=1S/C19H24FN3OS.C2H6/c1-12-4-5-14(16(20)10-12)15-11-25-18-17(15)22(2)23(3)19(18)24-13-6-8-21-9-7-13;1-2/h4-5,10-11,13,19,21H,6-9H2,1-3H3;1-2H3. The maximum atomic E-state index is 14.5. The molecule has 1 saturated heterocycles. The summed E-state index contributed by atoms with van der Waals surface area (Å²) >= 11 is 1.66. The third kappa shape index (κ3) is 3.90. The van der Waals surface area contributed by atoms with Crippen LogP contribution in [0.3, 0.4) is 0 Å². The summed E-state index contributed by atoms with van der Waals surface area (Å²) in [5.74, 6) is -0.167. The number of nitrogens with zero attached hydrogens (tertiary/aromatic N) is 2. The molecule has 148 valence electrons. The molecular weight excluding hydrogens is 361 g/mol. The zero-order chi connectivity index (χ0) is 19.6. The Labute approximate surface area is 165 Å². The number of aryl methyl sites for hydroxylation is 1. The normalized spacial score (nSPS) is 20.4. The van der Waals surface area contributed by atoms with E-state index in [1.165, 1.54) is 4.88 Å². The molecule has 4 rings (SSSR count). The quantitative estimate of drug-likeness (QED) is 0.801. The van der Waals surface area contributed by atoms with Crippen LogP contribution < -0.4 is 10.3 Å². The van der Waals surface area contributed by atoms with Gasteiger partial charge in [0.2, 0.25) is 0 Å². The van der Waals surface area contributed by atoms with E-state index >= 15 is 0 Å². The maximum Gasteiger partial charge on any atom is 0.164 e. The van der Waals surface area contributed by atoms with Crippen LogP contribution in [0.25, 0.3) is 11.1 Å². The lowest BCUT2D eigenvalue weighted by molar-refractivity contribution is -0.0940. The Morgan fingerprint density at radius 3 is 2.52 bits per heavy atom. The molecule has 6 heteroatoms. The Morgan fingerprint density at radius 2 is 1.85 bits per heavy atom. The lowest BCUT2D eigenvalue weighted by Crippen LogP contribution is -2.38. The second-order valence-electron chi connectivity index (χ2n) is 6.88. The van der Waals surface area contributed by atoms with Gasteiger partial charge in [0, 0.05) is 30.6 Å². The van der Waals surface area contributed by atoms with Gasteiger partial charge in [0.15, 0.2) is 6.23 Å². The highest BCUT2D eigenvalue weighted by atomic mass is 32.1. The molecule has 2 aliphatic heterocycles. The first kappa shape index (κ1) is 20.3. The summed E-state index contributed by atoms with van der Waals surface area (Å²) in [5, 5.41) is 9.63. The largest absolute Gasteiger partial charge is 0.353 e. The molecule has 1 aromatic heterocycles. The van der Waals surface area contributed by atoms with Gasteiger partial charge in [0.05, 0.1) is 16.7 Å². The molecule has 0 radical (unpaired) electrons. The summed E-state index contributed by atoms with van der Waals surface area (Å²) in [6.07, 6.45) is 2.26. The topological polar surface area (TPSA) is 27.7 Å². The fourth-order valence-electron chi connectivity index (χ4n) is 3.65. The fourth-order valence-corrected chi connectivity index (χ4v) is 4.82. The van der Waals surface area contributed by atoms with Gasteiger partial charge in [0.1, 0.15) is 5.82 Å². The number of thiophene rings is 1. The number of anilines is 1. The summed E-state index contributed by atoms with van der Waals surface area (Å²) in [6, 6.07) is 5.44. The molecule has 1 unspecified atom stereocenters. The van der Waals surface area contributed by atoms with Gasteiger partial charge in [0.25, 0.3) is 0 Å². The van der Waals surface area contributed by atoms with Gasteiger partial charge in [-0.15, -0.1) is 11.3 Å². The molecule has 0 aliphatic carbocycles. The van der Waals surface area contributed by atoms with Crippen molar-refractivity contribution in [3.63, 3.8) is 0 Å². The van der Waals surface area contributed by atoms with Crippen molar-refractivity contribution < 1.29 is 9.13 Å². The van der Waals surface area contributed by atoms with Gasteiger partial charge >= 0.3 is 0 Å². The Bertz CT molecular complexity index is 773. The second-order valence-corrected chi connectivity index (χ2v) is 7.79. The monoisotopic (exact) mass is 391 g/mol. The average molecular weight is 392 g/mol. The second kappa shape index (κ2) is 8.69. The lowest BCUT2D eigenvalue weighted by atomic mass is 10.0. The van der Waals surface area contributed by atoms with Crippen LogP contribution in [0.4, 0.5) is 10.1 Å². The molecule has 0 bridgehead atoms. The Balaban J connectivity index is 0.00000102. The summed E-state index contributed by atoms with van der Waals surface area (Å²) in [6.45, 7) is 7.93. The fraction of sp³-hybridized carbons (Fsp3) is 0.524. The smallest absolute Gasteiger partial charge is 0.164 e. The first-order valence-electron chi connectivity index (χ1n) is 9.77. The van der Waals surface area contributed by atoms with Crippen molar-refractivity contribution in [2.75, 3.05) is 32.2 Å². The van der Waals surface area contributed by atoms with E-state index in [9.17, 15) is 4.39 Å². The Hall–Kier alpha value is -1.47. The minimum absolute atomic E-state index is 0.0876. The Morgan fingerprint density at radius 1 is 1.15 bits per heavy atom. The van der Waals surface area contributed by atoms with Crippen LogP contribution in [-0.4, -0.2) is 38.3 Å². The molecule has 1 fully saturated rings. The molecule has 0 spiro atoms. The zero-order valence-corrected chi connectivity index (χ0v) is 17.7. The predicted molar refractivity (Wildman–Crippen MR) is 112 cm³/mol. The van der Waals surface area contributed by atoms with E-state index in [1.807, 2.05) is 47.0 Å². The molecule has 1 atom stereocenters. The van der Waals surface area contributed by atoms with Crippen LogP contribution in [0, 0.1) is 12.7 Å². The summed E-state index contributed by atoms with van der Waals surface area (Å²) in [7, 11) is 4.06. The molecule has 2 aliphatic rings. The Kier molecular flexibility index (Phi) is 6.52. The number of ether oxygens (including phenoxy) is 1.